The van der Waals surface area contributed by atoms with Crippen LogP contribution < -0.4 is 10.6 Å². The van der Waals surface area contributed by atoms with E-state index >= 15 is 0 Å². The lowest BCUT2D eigenvalue weighted by molar-refractivity contribution is -0.145. The molecule has 2 aromatic rings. The molecule has 14 heteroatoms. The van der Waals surface area contributed by atoms with Crippen molar-refractivity contribution in [2.24, 2.45) is 5.92 Å². The Morgan fingerprint density at radius 1 is 1.19 bits per heavy atom. The number of carboxylic acids is 1. The number of carbonyl (C=O) groups excluding carboxylic acids is 3. The molecule has 0 bridgehead atoms. The van der Waals surface area contributed by atoms with E-state index < -0.39 is 53.1 Å². The second-order valence-corrected chi connectivity index (χ2v) is 12.4. The van der Waals surface area contributed by atoms with Crippen LogP contribution in [0.25, 0.3) is 11.5 Å². The molecule has 2 aliphatic heterocycles. The second-order valence-electron chi connectivity index (χ2n) is 12.4. The fourth-order valence-electron chi connectivity index (χ4n) is 5.81. The molecule has 0 radical (unpaired) electrons. The molecule has 3 amide bonds. The molecule has 2 fully saturated rings. The monoisotopic (exact) mass is 594 g/mol. The van der Waals surface area contributed by atoms with Crippen molar-refractivity contribution >= 4 is 23.9 Å². The summed E-state index contributed by atoms with van der Waals surface area (Å²) in [7, 11) is 0. The molecule has 230 valence electrons. The Balaban J connectivity index is 1.47. The molecule has 43 heavy (non-hydrogen) atoms. The zero-order valence-electron chi connectivity index (χ0n) is 24.6. The first-order chi connectivity index (χ1) is 20.5. The summed E-state index contributed by atoms with van der Waals surface area (Å²) in [6.07, 6.45) is 8.52. The fourth-order valence-corrected chi connectivity index (χ4v) is 5.81. The van der Waals surface area contributed by atoms with Crippen LogP contribution in [0.2, 0.25) is 0 Å². The van der Waals surface area contributed by atoms with Crippen molar-refractivity contribution in [1.29, 1.82) is 0 Å². The third-order valence-electron chi connectivity index (χ3n) is 8.06. The lowest BCUT2D eigenvalue weighted by atomic mass is 10.0. The summed E-state index contributed by atoms with van der Waals surface area (Å²) in [6.45, 7) is 5.27. The number of alkyl carbamates (subject to hydrolysis) is 1. The van der Waals surface area contributed by atoms with Crippen molar-refractivity contribution in [3.05, 3.63) is 36.5 Å². The number of hydrogen-bond acceptors (Lipinski definition) is 9. The average molecular weight is 595 g/mol. The summed E-state index contributed by atoms with van der Waals surface area (Å²) >= 11 is 0. The number of allylic oxidation sites excluding steroid dienone is 1. The molecule has 1 aliphatic carbocycles. The SMILES string of the molecule is CC(C)(C)OC(=O)N[C@H]1CCCCCC=C[C@@H]2C[C@@]2(C(=O)O)NC(=O)[C@@H]2C[C@@H](n3nnnc3-c3ccccn3)CN2C1=O. The number of aliphatic carboxylic acids is 1. The molecular formula is C29H38N8O6. The van der Waals surface area contributed by atoms with E-state index in [1.165, 1.54) is 4.90 Å². The third-order valence-corrected chi connectivity index (χ3v) is 8.06. The van der Waals surface area contributed by atoms with E-state index in [2.05, 4.69) is 31.1 Å². The minimum absolute atomic E-state index is 0.0672. The number of fused-ring (bicyclic) bond motifs is 2. The van der Waals surface area contributed by atoms with Crippen LogP contribution in [0.4, 0.5) is 4.79 Å². The standard InChI is InChI=1S/C29H38N8O6/c1-28(2,3)43-27(42)31-21-13-8-6-4-5-7-11-18-16-29(18,26(40)41)32-24(38)22-15-19(17-36(22)25(21)39)37-23(33-34-35-37)20-12-9-10-14-30-20/h7,9-12,14,18-19,21-22H,4-6,8,13,15-17H2,1-3H3,(H,31,42)(H,32,38)(H,40,41)/t18-,19-,21+,22+,29-/m1/s1. The number of hydrogen-bond donors (Lipinski definition) is 3. The van der Waals surface area contributed by atoms with E-state index in [0.29, 0.717) is 24.4 Å². The van der Waals surface area contributed by atoms with Crippen molar-refractivity contribution in [3.63, 3.8) is 0 Å². The Kier molecular flexibility index (Phi) is 8.47. The van der Waals surface area contributed by atoms with Crippen molar-refractivity contribution in [3.8, 4) is 11.5 Å². The van der Waals surface area contributed by atoms with Crippen LogP contribution in [0, 0.1) is 5.92 Å². The molecule has 3 aliphatic rings. The van der Waals surface area contributed by atoms with Gasteiger partial charge in [-0.05, 0) is 69.0 Å². The highest BCUT2D eigenvalue weighted by Gasteiger charge is 2.61. The normalized spacial score (nSPS) is 28.1. The molecule has 5 atom stereocenters. The predicted molar refractivity (Wildman–Crippen MR) is 152 cm³/mol. The van der Waals surface area contributed by atoms with Crippen LogP contribution in [-0.2, 0) is 19.1 Å². The highest BCUT2D eigenvalue weighted by atomic mass is 16.6. The molecule has 1 saturated carbocycles. The van der Waals surface area contributed by atoms with Gasteiger partial charge in [-0.3, -0.25) is 14.6 Å². The number of amides is 3. The number of nitrogens with zero attached hydrogens (tertiary/aromatic N) is 6. The minimum Gasteiger partial charge on any atom is -0.479 e. The maximum Gasteiger partial charge on any atom is 0.408 e. The number of pyridine rings is 1. The van der Waals surface area contributed by atoms with E-state index in [9.17, 15) is 24.3 Å². The highest BCUT2D eigenvalue weighted by molar-refractivity contribution is 5.96. The van der Waals surface area contributed by atoms with E-state index in [4.69, 9.17) is 4.74 Å². The number of rotatable bonds is 4. The first-order valence-electron chi connectivity index (χ1n) is 14.7. The first-order valence-corrected chi connectivity index (χ1v) is 14.7. The molecule has 0 unspecified atom stereocenters. The number of carbonyl (C=O) groups is 4. The number of tetrazole rings is 1. The van der Waals surface area contributed by atoms with E-state index in [0.717, 1.165) is 19.3 Å². The molecule has 5 rings (SSSR count). The van der Waals surface area contributed by atoms with Crippen molar-refractivity contribution < 1.29 is 29.0 Å². The summed E-state index contributed by atoms with van der Waals surface area (Å²) < 4.78 is 6.98. The van der Waals surface area contributed by atoms with Crippen molar-refractivity contribution in [2.45, 2.75) is 95.0 Å². The van der Waals surface area contributed by atoms with Gasteiger partial charge in [-0.1, -0.05) is 31.1 Å². The van der Waals surface area contributed by atoms with Gasteiger partial charge < -0.3 is 25.4 Å². The second kappa shape index (κ2) is 12.1. The zero-order valence-corrected chi connectivity index (χ0v) is 24.6. The van der Waals surface area contributed by atoms with Gasteiger partial charge in [0.05, 0.1) is 6.04 Å². The fraction of sp³-hybridized carbons (Fsp3) is 0.586. The summed E-state index contributed by atoms with van der Waals surface area (Å²) in [4.78, 5) is 58.8. The van der Waals surface area contributed by atoms with E-state index in [-0.39, 0.29) is 25.3 Å². The molecule has 14 nitrogen and oxygen atoms in total. The summed E-state index contributed by atoms with van der Waals surface area (Å²) in [5.41, 5.74) is -1.67. The van der Waals surface area contributed by atoms with E-state index in [1.807, 2.05) is 12.2 Å². The van der Waals surface area contributed by atoms with Crippen LogP contribution in [0.15, 0.2) is 36.5 Å². The average Bonchev–Trinajstić information content (AvgIpc) is 3.27. The molecule has 0 spiro atoms. The largest absolute Gasteiger partial charge is 0.479 e. The lowest BCUT2D eigenvalue weighted by Gasteiger charge is -2.30. The number of carboxylic acid groups (broad SMARTS) is 1. The Labute approximate surface area is 249 Å². The molecule has 3 N–H and O–H groups in total. The van der Waals surface area contributed by atoms with Gasteiger partial charge in [0.2, 0.25) is 17.6 Å². The first kappa shape index (κ1) is 30.1. The summed E-state index contributed by atoms with van der Waals surface area (Å²) in [6, 6.07) is 2.85. The van der Waals surface area contributed by atoms with Gasteiger partial charge in [0.1, 0.15) is 28.9 Å². The smallest absolute Gasteiger partial charge is 0.408 e. The molecular weight excluding hydrogens is 556 g/mol. The Hall–Kier alpha value is -4.36. The Morgan fingerprint density at radius 3 is 2.72 bits per heavy atom. The van der Waals surface area contributed by atoms with Gasteiger partial charge in [-0.25, -0.2) is 14.3 Å². The highest BCUT2D eigenvalue weighted by Crippen LogP contribution is 2.45. The third kappa shape index (κ3) is 6.67. The van der Waals surface area contributed by atoms with Crippen LogP contribution in [0.1, 0.15) is 71.8 Å². The van der Waals surface area contributed by atoms with Crippen LogP contribution in [0.3, 0.4) is 0 Å². The van der Waals surface area contributed by atoms with Crippen LogP contribution in [0.5, 0.6) is 0 Å². The Bertz CT molecular complexity index is 1390. The molecule has 2 aromatic heterocycles. The maximum atomic E-state index is 14.2. The molecule has 1 saturated heterocycles. The number of aromatic nitrogens is 5. The summed E-state index contributed by atoms with van der Waals surface area (Å²) in [5.74, 6) is -2.11. The van der Waals surface area contributed by atoms with E-state index in [1.54, 1.807) is 49.8 Å². The molecule has 4 heterocycles. The van der Waals surface area contributed by atoms with Gasteiger partial charge in [-0.15, -0.1) is 5.10 Å². The number of ether oxygens (including phenoxy) is 1. The van der Waals surface area contributed by atoms with Crippen molar-refractivity contribution in [2.75, 3.05) is 6.54 Å². The lowest BCUT2D eigenvalue weighted by Crippen LogP contribution is -2.56. The van der Waals surface area contributed by atoms with Gasteiger partial charge in [0.25, 0.3) is 0 Å². The van der Waals surface area contributed by atoms with Crippen LogP contribution >= 0.6 is 0 Å². The van der Waals surface area contributed by atoms with Crippen LogP contribution in [-0.4, -0.2) is 88.8 Å². The quantitative estimate of drug-likeness (QED) is 0.444. The van der Waals surface area contributed by atoms with Crippen molar-refractivity contribution in [1.82, 2.24) is 40.7 Å². The maximum absolute atomic E-state index is 14.2. The Morgan fingerprint density at radius 2 is 2.00 bits per heavy atom. The predicted octanol–water partition coefficient (Wildman–Crippen LogP) is 2.25. The van der Waals surface area contributed by atoms with Gasteiger partial charge in [-0.2, -0.15) is 0 Å². The topological polar surface area (TPSA) is 182 Å². The van der Waals surface area contributed by atoms with Gasteiger partial charge in [0, 0.05) is 25.1 Å². The zero-order chi connectivity index (χ0) is 30.8. The molecule has 0 aromatic carbocycles. The van der Waals surface area contributed by atoms with Gasteiger partial charge >= 0.3 is 12.1 Å². The van der Waals surface area contributed by atoms with Gasteiger partial charge in [0.15, 0.2) is 0 Å². The number of nitrogens with one attached hydrogen (secondary N) is 2. The summed E-state index contributed by atoms with van der Waals surface area (Å²) in [5, 5.41) is 27.7. The minimum atomic E-state index is -1.43.